The number of nitrogens with one attached hydrogen (secondary N) is 1. The number of amides is 1. The lowest BCUT2D eigenvalue weighted by Gasteiger charge is -2.20. The summed E-state index contributed by atoms with van der Waals surface area (Å²) >= 11 is 7.20. The van der Waals surface area contributed by atoms with Crippen molar-refractivity contribution in [2.45, 2.75) is 4.90 Å². The molecule has 8 heteroatoms. The molecule has 0 unspecified atom stereocenters. The van der Waals surface area contributed by atoms with Gasteiger partial charge in [0.2, 0.25) is 5.91 Å². The van der Waals surface area contributed by atoms with Crippen molar-refractivity contribution in [1.82, 2.24) is 0 Å². The highest BCUT2D eigenvalue weighted by Crippen LogP contribution is 2.38. The first-order valence-corrected chi connectivity index (χ1v) is 8.36. The van der Waals surface area contributed by atoms with E-state index in [-0.39, 0.29) is 11.7 Å². The molecule has 1 aliphatic heterocycles. The first-order valence-electron chi connectivity index (χ1n) is 7.00. The Hall–Kier alpha value is -1.99. The van der Waals surface area contributed by atoms with Crippen LogP contribution in [0.4, 0.5) is 14.5 Å². The van der Waals surface area contributed by atoms with Gasteiger partial charge in [0.25, 0.3) is 0 Å². The maximum Gasteiger partial charge on any atom is 0.234 e. The molecule has 3 rings (SSSR count). The minimum Gasteiger partial charge on any atom is -0.486 e. The SMILES string of the molecule is O=C(CSc1ccc(F)c(F)c1)Nc1cc2c(cc1Cl)OCCO2. The molecule has 1 N–H and O–H groups in total. The van der Waals surface area contributed by atoms with Crippen LogP contribution < -0.4 is 14.8 Å². The summed E-state index contributed by atoms with van der Waals surface area (Å²) in [6, 6.07) is 6.65. The van der Waals surface area contributed by atoms with E-state index in [9.17, 15) is 13.6 Å². The van der Waals surface area contributed by atoms with Crippen molar-refractivity contribution in [1.29, 1.82) is 0 Å². The second-order valence-corrected chi connectivity index (χ2v) is 6.34. The molecule has 0 radical (unpaired) electrons. The number of halogens is 3. The summed E-state index contributed by atoms with van der Waals surface area (Å²) in [7, 11) is 0. The van der Waals surface area contributed by atoms with Gasteiger partial charge in [-0.15, -0.1) is 11.8 Å². The number of hydrogen-bond acceptors (Lipinski definition) is 4. The number of anilines is 1. The highest BCUT2D eigenvalue weighted by Gasteiger charge is 2.16. The highest BCUT2D eigenvalue weighted by molar-refractivity contribution is 8.00. The Morgan fingerprint density at radius 2 is 1.83 bits per heavy atom. The lowest BCUT2D eigenvalue weighted by atomic mass is 10.2. The number of carbonyl (C=O) groups is 1. The van der Waals surface area contributed by atoms with Crippen LogP contribution in [0.25, 0.3) is 0 Å². The van der Waals surface area contributed by atoms with Crippen molar-refractivity contribution in [2.24, 2.45) is 0 Å². The van der Waals surface area contributed by atoms with E-state index in [4.69, 9.17) is 21.1 Å². The zero-order chi connectivity index (χ0) is 17.1. The predicted molar refractivity (Wildman–Crippen MR) is 88.2 cm³/mol. The Morgan fingerprint density at radius 1 is 1.12 bits per heavy atom. The van der Waals surface area contributed by atoms with Gasteiger partial charge in [-0.2, -0.15) is 0 Å². The molecule has 0 aromatic heterocycles. The van der Waals surface area contributed by atoms with Crippen molar-refractivity contribution in [3.05, 3.63) is 47.0 Å². The summed E-state index contributed by atoms with van der Waals surface area (Å²) in [4.78, 5) is 12.5. The van der Waals surface area contributed by atoms with Gasteiger partial charge < -0.3 is 14.8 Å². The molecule has 2 aromatic rings. The molecule has 1 aliphatic rings. The van der Waals surface area contributed by atoms with Crippen LogP contribution in [-0.2, 0) is 4.79 Å². The molecule has 2 aromatic carbocycles. The van der Waals surface area contributed by atoms with Crippen LogP contribution in [0.15, 0.2) is 35.2 Å². The summed E-state index contributed by atoms with van der Waals surface area (Å²) < 4.78 is 36.8. The Labute approximate surface area is 146 Å². The van der Waals surface area contributed by atoms with Crippen LogP contribution in [0, 0.1) is 11.6 Å². The summed E-state index contributed by atoms with van der Waals surface area (Å²) in [5.74, 6) is -1.14. The summed E-state index contributed by atoms with van der Waals surface area (Å²) in [6.07, 6.45) is 0. The molecule has 0 bridgehead atoms. The van der Waals surface area contributed by atoms with Gasteiger partial charge in [0.05, 0.1) is 16.5 Å². The van der Waals surface area contributed by atoms with Gasteiger partial charge in [0.15, 0.2) is 23.1 Å². The highest BCUT2D eigenvalue weighted by atomic mass is 35.5. The molecule has 0 saturated carbocycles. The monoisotopic (exact) mass is 371 g/mol. The van der Waals surface area contributed by atoms with E-state index >= 15 is 0 Å². The van der Waals surface area contributed by atoms with Gasteiger partial charge in [0.1, 0.15) is 13.2 Å². The minimum atomic E-state index is -0.949. The second kappa shape index (κ2) is 7.27. The number of hydrogen-bond donors (Lipinski definition) is 1. The molecule has 24 heavy (non-hydrogen) atoms. The largest absolute Gasteiger partial charge is 0.486 e. The molecular formula is C16H12ClF2NO3S. The predicted octanol–water partition coefficient (Wildman–Crippen LogP) is 4.12. The van der Waals surface area contributed by atoms with E-state index < -0.39 is 11.6 Å². The fourth-order valence-corrected chi connectivity index (χ4v) is 2.98. The number of rotatable bonds is 4. The molecule has 0 atom stereocenters. The normalized spacial score (nSPS) is 12.8. The molecule has 0 saturated heterocycles. The lowest BCUT2D eigenvalue weighted by Crippen LogP contribution is -2.17. The van der Waals surface area contributed by atoms with Crippen LogP contribution in [0.3, 0.4) is 0 Å². The molecule has 1 amide bonds. The molecule has 0 spiro atoms. The van der Waals surface area contributed by atoms with E-state index in [0.29, 0.717) is 40.3 Å². The fourth-order valence-electron chi connectivity index (χ4n) is 2.06. The molecular weight excluding hydrogens is 360 g/mol. The topological polar surface area (TPSA) is 47.6 Å². The Bertz CT molecular complexity index is 788. The lowest BCUT2D eigenvalue weighted by molar-refractivity contribution is -0.113. The Kier molecular flexibility index (Phi) is 5.11. The molecule has 0 aliphatic carbocycles. The number of fused-ring (bicyclic) bond motifs is 1. The average molecular weight is 372 g/mol. The zero-order valence-electron chi connectivity index (χ0n) is 12.3. The van der Waals surface area contributed by atoms with E-state index in [1.165, 1.54) is 6.07 Å². The van der Waals surface area contributed by atoms with Gasteiger partial charge in [-0.05, 0) is 18.2 Å². The first kappa shape index (κ1) is 16.9. The van der Waals surface area contributed by atoms with Crippen LogP contribution in [0.1, 0.15) is 0 Å². The van der Waals surface area contributed by atoms with Gasteiger partial charge >= 0.3 is 0 Å². The number of thioether (sulfide) groups is 1. The fraction of sp³-hybridized carbons (Fsp3) is 0.188. The third-order valence-corrected chi connectivity index (χ3v) is 4.47. The standard InChI is InChI=1S/C16H12ClF2NO3S/c17-10-6-14-15(23-4-3-22-14)7-13(10)20-16(21)8-24-9-1-2-11(18)12(19)5-9/h1-2,5-7H,3-4,8H2,(H,20,21). The van der Waals surface area contributed by atoms with Crippen LogP contribution in [0.2, 0.25) is 5.02 Å². The summed E-state index contributed by atoms with van der Waals surface area (Å²) in [6.45, 7) is 0.869. The quantitative estimate of drug-likeness (QED) is 0.821. The van der Waals surface area contributed by atoms with E-state index in [0.717, 1.165) is 23.9 Å². The second-order valence-electron chi connectivity index (χ2n) is 4.89. The van der Waals surface area contributed by atoms with Crippen LogP contribution >= 0.6 is 23.4 Å². The van der Waals surface area contributed by atoms with Gasteiger partial charge in [-0.25, -0.2) is 8.78 Å². The number of benzene rings is 2. The summed E-state index contributed by atoms with van der Waals surface area (Å²) in [5.41, 5.74) is 0.400. The van der Waals surface area contributed by atoms with Crippen LogP contribution in [0.5, 0.6) is 11.5 Å². The van der Waals surface area contributed by atoms with Crippen molar-refractivity contribution in [2.75, 3.05) is 24.3 Å². The number of carbonyl (C=O) groups excluding carboxylic acids is 1. The third-order valence-electron chi connectivity index (χ3n) is 3.17. The first-order chi connectivity index (χ1) is 11.5. The molecule has 4 nitrogen and oxygen atoms in total. The third kappa shape index (κ3) is 3.91. The Morgan fingerprint density at radius 3 is 2.54 bits per heavy atom. The zero-order valence-corrected chi connectivity index (χ0v) is 13.8. The van der Waals surface area contributed by atoms with E-state index in [1.807, 2.05) is 0 Å². The maximum absolute atomic E-state index is 13.1. The van der Waals surface area contributed by atoms with E-state index in [1.54, 1.807) is 12.1 Å². The van der Waals surface area contributed by atoms with Gasteiger partial charge in [-0.3, -0.25) is 4.79 Å². The smallest absolute Gasteiger partial charge is 0.234 e. The van der Waals surface area contributed by atoms with Crippen molar-refractivity contribution in [3.63, 3.8) is 0 Å². The molecule has 1 heterocycles. The van der Waals surface area contributed by atoms with Crippen molar-refractivity contribution < 1.29 is 23.0 Å². The Balaban J connectivity index is 1.63. The van der Waals surface area contributed by atoms with Crippen LogP contribution in [-0.4, -0.2) is 24.9 Å². The van der Waals surface area contributed by atoms with E-state index in [2.05, 4.69) is 5.32 Å². The number of ether oxygens (including phenoxy) is 2. The van der Waals surface area contributed by atoms with Crippen molar-refractivity contribution >= 4 is 35.0 Å². The maximum atomic E-state index is 13.1. The van der Waals surface area contributed by atoms with Gasteiger partial charge in [-0.1, -0.05) is 11.6 Å². The minimum absolute atomic E-state index is 0.0237. The summed E-state index contributed by atoms with van der Waals surface area (Å²) in [5, 5.41) is 2.99. The average Bonchev–Trinajstić information content (AvgIpc) is 2.56. The molecule has 126 valence electrons. The van der Waals surface area contributed by atoms with Gasteiger partial charge in [0, 0.05) is 17.0 Å². The van der Waals surface area contributed by atoms with Crippen molar-refractivity contribution in [3.8, 4) is 11.5 Å². The molecule has 0 fully saturated rings.